The van der Waals surface area contributed by atoms with Crippen molar-refractivity contribution in [1.29, 1.82) is 0 Å². The molecule has 1 amide bonds. The van der Waals surface area contributed by atoms with Crippen LogP contribution in [0.5, 0.6) is 0 Å². The van der Waals surface area contributed by atoms with Crippen LogP contribution in [0.25, 0.3) is 0 Å². The van der Waals surface area contributed by atoms with Crippen LogP contribution in [0, 0.1) is 0 Å². The fourth-order valence-electron chi connectivity index (χ4n) is 3.23. The molecule has 1 aromatic rings. The third-order valence-electron chi connectivity index (χ3n) is 4.58. The van der Waals surface area contributed by atoms with Gasteiger partial charge in [0.25, 0.3) is 0 Å². The molecule has 0 saturated carbocycles. The van der Waals surface area contributed by atoms with E-state index in [2.05, 4.69) is 33.8 Å². The van der Waals surface area contributed by atoms with Gasteiger partial charge in [0.05, 0.1) is 6.54 Å². The number of thioether (sulfide) groups is 1. The summed E-state index contributed by atoms with van der Waals surface area (Å²) in [5.41, 5.74) is 0. The maximum atomic E-state index is 12.2. The molecule has 3 rings (SSSR count). The van der Waals surface area contributed by atoms with Gasteiger partial charge in [-0.25, -0.2) is 0 Å². The molecular weight excluding hydrogens is 308 g/mol. The molecule has 1 fully saturated rings. The Bertz CT molecular complexity index is 569. The van der Waals surface area contributed by atoms with Gasteiger partial charge in [-0.3, -0.25) is 4.79 Å². The lowest BCUT2D eigenvalue weighted by molar-refractivity contribution is -0.131. The highest BCUT2D eigenvalue weighted by Gasteiger charge is 2.21. The van der Waals surface area contributed by atoms with Crippen molar-refractivity contribution in [3.8, 4) is 0 Å². The summed E-state index contributed by atoms with van der Waals surface area (Å²) in [6.07, 6.45) is 12.2. The molecule has 1 aliphatic carbocycles. The number of carbonyl (C=O) groups excluding carboxylic acids is 1. The van der Waals surface area contributed by atoms with Crippen molar-refractivity contribution >= 4 is 17.7 Å². The predicted molar refractivity (Wildman–Crippen MR) is 92.2 cm³/mol. The summed E-state index contributed by atoms with van der Waals surface area (Å²) in [6.45, 7) is 4.42. The van der Waals surface area contributed by atoms with Crippen molar-refractivity contribution in [3.05, 3.63) is 18.0 Å². The number of allylic oxidation sites excluding steroid dienone is 1. The SMILES string of the molecule is CCn1c(CN2CCCCCC2=O)nnc1S[C@@H]1C=CCCC1. The first-order chi connectivity index (χ1) is 11.3. The Morgan fingerprint density at radius 1 is 1.26 bits per heavy atom. The zero-order valence-corrected chi connectivity index (χ0v) is 14.7. The molecule has 0 N–H and O–H groups in total. The van der Waals surface area contributed by atoms with Gasteiger partial charge in [0.2, 0.25) is 5.91 Å². The van der Waals surface area contributed by atoms with Crippen LogP contribution in [-0.2, 0) is 17.9 Å². The summed E-state index contributed by atoms with van der Waals surface area (Å²) in [7, 11) is 0. The Kier molecular flexibility index (Phi) is 5.75. The Morgan fingerprint density at radius 2 is 2.17 bits per heavy atom. The van der Waals surface area contributed by atoms with Crippen LogP contribution < -0.4 is 0 Å². The van der Waals surface area contributed by atoms with Gasteiger partial charge in [-0.15, -0.1) is 10.2 Å². The third kappa shape index (κ3) is 4.16. The Balaban J connectivity index is 1.70. The van der Waals surface area contributed by atoms with Crippen LogP contribution in [0.2, 0.25) is 0 Å². The molecule has 2 aliphatic rings. The van der Waals surface area contributed by atoms with E-state index in [1.165, 1.54) is 19.3 Å². The molecule has 0 unspecified atom stereocenters. The molecule has 126 valence electrons. The maximum Gasteiger partial charge on any atom is 0.222 e. The summed E-state index contributed by atoms with van der Waals surface area (Å²) >= 11 is 1.80. The summed E-state index contributed by atoms with van der Waals surface area (Å²) in [4.78, 5) is 14.2. The summed E-state index contributed by atoms with van der Waals surface area (Å²) in [5.74, 6) is 1.18. The second-order valence-electron chi connectivity index (χ2n) is 6.28. The topological polar surface area (TPSA) is 51.0 Å². The largest absolute Gasteiger partial charge is 0.335 e. The van der Waals surface area contributed by atoms with Crippen molar-refractivity contribution in [3.63, 3.8) is 0 Å². The van der Waals surface area contributed by atoms with Crippen molar-refractivity contribution in [2.45, 2.75) is 75.4 Å². The van der Waals surface area contributed by atoms with Crippen molar-refractivity contribution in [2.75, 3.05) is 6.54 Å². The van der Waals surface area contributed by atoms with E-state index in [0.717, 1.165) is 43.3 Å². The fourth-order valence-corrected chi connectivity index (χ4v) is 4.43. The van der Waals surface area contributed by atoms with Crippen molar-refractivity contribution in [2.24, 2.45) is 0 Å². The first kappa shape index (κ1) is 16.6. The molecule has 23 heavy (non-hydrogen) atoms. The second kappa shape index (κ2) is 7.99. The molecule has 1 saturated heterocycles. The lowest BCUT2D eigenvalue weighted by Gasteiger charge is -2.20. The number of rotatable bonds is 5. The van der Waals surface area contributed by atoms with Crippen LogP contribution >= 0.6 is 11.8 Å². The average Bonchev–Trinajstić information content (AvgIpc) is 2.83. The normalized spacial score (nSPS) is 22.4. The first-order valence-electron chi connectivity index (χ1n) is 8.81. The molecule has 0 spiro atoms. The predicted octanol–water partition coefficient (Wildman–Crippen LogP) is 3.40. The highest BCUT2D eigenvalue weighted by atomic mass is 32.2. The van der Waals surface area contributed by atoms with E-state index in [0.29, 0.717) is 18.2 Å². The summed E-state index contributed by atoms with van der Waals surface area (Å²) in [6, 6.07) is 0. The number of amides is 1. The van der Waals surface area contributed by atoms with E-state index in [-0.39, 0.29) is 5.91 Å². The molecule has 0 radical (unpaired) electrons. The van der Waals surface area contributed by atoms with Gasteiger partial charge in [-0.2, -0.15) is 0 Å². The summed E-state index contributed by atoms with van der Waals surface area (Å²) < 4.78 is 2.17. The first-order valence-corrected chi connectivity index (χ1v) is 9.69. The molecule has 0 aromatic carbocycles. The minimum atomic E-state index is 0.262. The molecular formula is C17H26N4OS. The van der Waals surface area contributed by atoms with Gasteiger partial charge in [-0.05, 0) is 39.0 Å². The highest BCUT2D eigenvalue weighted by molar-refractivity contribution is 7.99. The zero-order valence-electron chi connectivity index (χ0n) is 13.9. The fraction of sp³-hybridized carbons (Fsp3) is 0.706. The highest BCUT2D eigenvalue weighted by Crippen LogP contribution is 2.29. The van der Waals surface area contributed by atoms with Gasteiger partial charge in [-0.1, -0.05) is 30.3 Å². The maximum absolute atomic E-state index is 12.2. The van der Waals surface area contributed by atoms with Crippen LogP contribution in [0.4, 0.5) is 0 Å². The number of aromatic nitrogens is 3. The van der Waals surface area contributed by atoms with Crippen LogP contribution in [-0.4, -0.2) is 37.4 Å². The molecule has 1 aliphatic heterocycles. The van der Waals surface area contributed by atoms with Crippen molar-refractivity contribution < 1.29 is 4.79 Å². The third-order valence-corrected chi connectivity index (χ3v) is 5.79. The van der Waals surface area contributed by atoms with Crippen LogP contribution in [0.1, 0.15) is 57.7 Å². The van der Waals surface area contributed by atoms with Crippen molar-refractivity contribution in [1.82, 2.24) is 19.7 Å². The zero-order chi connectivity index (χ0) is 16.1. The van der Waals surface area contributed by atoms with Gasteiger partial charge in [0, 0.05) is 24.8 Å². The lowest BCUT2D eigenvalue weighted by Crippen LogP contribution is -2.31. The Hall–Kier alpha value is -1.30. The van der Waals surface area contributed by atoms with Gasteiger partial charge in [0.1, 0.15) is 0 Å². The number of likely N-dealkylation sites (tertiary alicyclic amines) is 1. The number of carbonyl (C=O) groups is 1. The van der Waals surface area contributed by atoms with Gasteiger partial charge in [0.15, 0.2) is 11.0 Å². The van der Waals surface area contributed by atoms with Crippen LogP contribution in [0.3, 0.4) is 0 Å². The Labute approximate surface area is 142 Å². The molecule has 1 atom stereocenters. The molecule has 0 bridgehead atoms. The minimum absolute atomic E-state index is 0.262. The monoisotopic (exact) mass is 334 g/mol. The van der Waals surface area contributed by atoms with E-state index in [1.54, 1.807) is 11.8 Å². The van der Waals surface area contributed by atoms with Crippen LogP contribution in [0.15, 0.2) is 17.3 Å². The number of nitrogens with zero attached hydrogens (tertiary/aromatic N) is 4. The van der Waals surface area contributed by atoms with E-state index in [9.17, 15) is 4.79 Å². The molecule has 2 heterocycles. The number of hydrogen-bond acceptors (Lipinski definition) is 4. The molecule has 1 aromatic heterocycles. The molecule has 6 heteroatoms. The van der Waals surface area contributed by atoms with Gasteiger partial charge >= 0.3 is 0 Å². The van der Waals surface area contributed by atoms with E-state index >= 15 is 0 Å². The van der Waals surface area contributed by atoms with Gasteiger partial charge < -0.3 is 9.47 Å². The minimum Gasteiger partial charge on any atom is -0.335 e. The average molecular weight is 334 g/mol. The lowest BCUT2D eigenvalue weighted by atomic mass is 10.1. The standard InChI is InChI=1S/C17H26N4OS/c1-2-21-15(13-20-12-8-4-7-11-16(20)22)18-19-17(21)23-14-9-5-3-6-10-14/h5,9,14H,2-4,6-8,10-13H2,1H3/t14-/m1/s1. The smallest absolute Gasteiger partial charge is 0.222 e. The van der Waals surface area contributed by atoms with E-state index in [1.807, 2.05) is 4.90 Å². The molecule has 5 nitrogen and oxygen atoms in total. The second-order valence-corrected chi connectivity index (χ2v) is 7.49. The van der Waals surface area contributed by atoms with E-state index < -0.39 is 0 Å². The Morgan fingerprint density at radius 3 is 2.96 bits per heavy atom. The number of hydrogen-bond donors (Lipinski definition) is 0. The quantitative estimate of drug-likeness (QED) is 0.775. The summed E-state index contributed by atoms with van der Waals surface area (Å²) in [5, 5.41) is 10.3. The van der Waals surface area contributed by atoms with E-state index in [4.69, 9.17) is 0 Å².